The van der Waals surface area contributed by atoms with Crippen molar-refractivity contribution >= 4 is 57.8 Å². The first-order chi connectivity index (χ1) is 23.0. The van der Waals surface area contributed by atoms with Gasteiger partial charge < -0.3 is 45.1 Å². The van der Waals surface area contributed by atoms with Crippen molar-refractivity contribution in [1.29, 1.82) is 0 Å². The van der Waals surface area contributed by atoms with E-state index in [1.807, 2.05) is 0 Å². The molecule has 0 amide bonds. The fraction of sp³-hybridized carbons (Fsp3) is 0.680. The van der Waals surface area contributed by atoms with Gasteiger partial charge in [-0.1, -0.05) is 13.8 Å². The first kappa shape index (κ1) is 42.0. The lowest BCUT2D eigenvalue weighted by Crippen LogP contribution is -2.39. The molecule has 0 aromatic carbocycles. The van der Waals surface area contributed by atoms with E-state index in [2.05, 4.69) is 23.8 Å². The summed E-state index contributed by atoms with van der Waals surface area (Å²) in [7, 11) is -16.3. The lowest BCUT2D eigenvalue weighted by Gasteiger charge is -2.30. The van der Waals surface area contributed by atoms with Crippen molar-refractivity contribution in [3.05, 3.63) is 12.7 Å². The van der Waals surface area contributed by atoms with Crippen molar-refractivity contribution in [2.24, 2.45) is 5.41 Å². The Kier molecular flexibility index (Phi) is 14.3. The van der Waals surface area contributed by atoms with E-state index in [9.17, 15) is 57.9 Å². The minimum atomic E-state index is -5.54. The van der Waals surface area contributed by atoms with Gasteiger partial charge in [-0.05, 0) is 19.8 Å². The van der Waals surface area contributed by atoms with Gasteiger partial charge in [-0.2, -0.15) is 4.31 Å². The molecule has 282 valence electrons. The Hall–Kier alpha value is -2.39. The number of hydrogen-bond acceptors (Lipinski definition) is 17. The average Bonchev–Trinajstić information content (AvgIpc) is 3.54. The number of hydrogen-bond donors (Lipinski definition) is 7. The van der Waals surface area contributed by atoms with Crippen LogP contribution in [0.4, 0.5) is 5.82 Å². The number of ketones is 3. The van der Waals surface area contributed by atoms with Crippen LogP contribution >= 0.6 is 23.5 Å². The molecule has 22 nitrogen and oxygen atoms in total. The van der Waals surface area contributed by atoms with Crippen molar-refractivity contribution in [1.82, 2.24) is 19.5 Å². The number of carbonyl (C=O) groups excluding carboxylic acids is 3. The van der Waals surface area contributed by atoms with Gasteiger partial charge >= 0.3 is 23.5 Å². The van der Waals surface area contributed by atoms with Gasteiger partial charge in [0, 0.05) is 31.1 Å². The Balaban J connectivity index is 1.57. The van der Waals surface area contributed by atoms with Gasteiger partial charge in [0.25, 0.3) is 0 Å². The fourth-order valence-electron chi connectivity index (χ4n) is 4.79. The SMILES string of the molecule is CC(=O)CCCC(=O)CCCC(=O)[C@H](O)C(C)(C)COP(=O)(O)OP(=O)(O)OC[C@H]1O[C@@H](n2cnc3c(N)ncnc32)[C@H](O)[C@@H]1OP(=O)(O)O. The minimum Gasteiger partial charge on any atom is -0.386 e. The Morgan fingerprint density at radius 3 is 2.24 bits per heavy atom. The van der Waals surface area contributed by atoms with Crippen LogP contribution in [0.2, 0.25) is 0 Å². The minimum absolute atomic E-state index is 0.0369. The highest BCUT2D eigenvalue weighted by atomic mass is 31.3. The molecule has 1 aliphatic heterocycles. The van der Waals surface area contributed by atoms with E-state index < -0.39 is 78.5 Å². The summed E-state index contributed by atoms with van der Waals surface area (Å²) in [4.78, 5) is 86.2. The molecule has 0 aliphatic carbocycles. The first-order valence-electron chi connectivity index (χ1n) is 14.9. The number of phosphoric acid groups is 3. The summed E-state index contributed by atoms with van der Waals surface area (Å²) in [5, 5.41) is 21.4. The molecular formula is C25H40N5O17P3. The van der Waals surface area contributed by atoms with E-state index in [0.717, 1.165) is 17.2 Å². The molecule has 7 atom stereocenters. The molecule has 50 heavy (non-hydrogen) atoms. The molecule has 2 aromatic rings. The number of nitrogen functional groups attached to an aromatic ring is 1. The van der Waals surface area contributed by atoms with Crippen molar-refractivity contribution < 1.29 is 80.5 Å². The second kappa shape index (κ2) is 17.0. The number of rotatable bonds is 21. The van der Waals surface area contributed by atoms with Crippen LogP contribution in [0, 0.1) is 5.41 Å². The van der Waals surface area contributed by atoms with E-state index in [4.69, 9.17) is 19.5 Å². The normalized spacial score (nSPS) is 23.0. The summed E-state index contributed by atoms with van der Waals surface area (Å²) < 4.78 is 61.9. The van der Waals surface area contributed by atoms with Crippen molar-refractivity contribution in [2.75, 3.05) is 18.9 Å². The molecule has 25 heteroatoms. The van der Waals surface area contributed by atoms with Gasteiger partial charge in [0.05, 0.1) is 19.5 Å². The van der Waals surface area contributed by atoms with Crippen molar-refractivity contribution in [2.45, 2.75) is 89.9 Å². The van der Waals surface area contributed by atoms with Gasteiger partial charge in [0.2, 0.25) is 0 Å². The predicted molar refractivity (Wildman–Crippen MR) is 167 cm³/mol. The summed E-state index contributed by atoms with van der Waals surface area (Å²) in [5.41, 5.74) is 4.35. The van der Waals surface area contributed by atoms with Gasteiger partial charge in [0.15, 0.2) is 23.5 Å². The average molecular weight is 776 g/mol. The number of fused-ring (bicyclic) bond motifs is 1. The van der Waals surface area contributed by atoms with Crippen molar-refractivity contribution in [3.8, 4) is 0 Å². The van der Waals surface area contributed by atoms with Crippen LogP contribution in [0.1, 0.15) is 65.5 Å². The molecule has 0 radical (unpaired) electrons. The number of nitrogens with two attached hydrogens (primary N) is 1. The zero-order chi connectivity index (χ0) is 37.7. The zero-order valence-corrected chi connectivity index (χ0v) is 29.8. The van der Waals surface area contributed by atoms with Crippen molar-refractivity contribution in [3.63, 3.8) is 0 Å². The number of aromatic nitrogens is 4. The molecule has 1 fully saturated rings. The molecule has 2 aromatic heterocycles. The molecular weight excluding hydrogens is 735 g/mol. The highest BCUT2D eigenvalue weighted by molar-refractivity contribution is 7.61. The van der Waals surface area contributed by atoms with E-state index in [-0.39, 0.29) is 60.7 Å². The third-order valence-corrected chi connectivity index (χ3v) is 10.4. The van der Waals surface area contributed by atoms with Gasteiger partial charge in [-0.25, -0.2) is 28.6 Å². The smallest absolute Gasteiger partial charge is 0.386 e. The predicted octanol–water partition coefficient (Wildman–Crippen LogP) is 0.850. The quantitative estimate of drug-likeness (QED) is 0.0864. The summed E-state index contributed by atoms with van der Waals surface area (Å²) in [6.07, 6.45) is -5.77. The summed E-state index contributed by atoms with van der Waals surface area (Å²) in [6, 6.07) is 0. The largest absolute Gasteiger partial charge is 0.481 e. The maximum Gasteiger partial charge on any atom is 0.481 e. The van der Waals surface area contributed by atoms with E-state index in [1.54, 1.807) is 0 Å². The standard InChI is InChI=1S/C25H40N5O17P3/c1-14(31)6-4-7-15(32)8-5-9-16(33)21(35)25(2,3)11-44-50(41,42)47-49(39,40)43-10-17-20(46-48(36,37)38)19(34)24(45-17)30-13-29-18-22(26)27-12-28-23(18)30/h12-13,17,19-21,24,34-35H,4-11H2,1-3H3,(H,39,40)(H,41,42)(H2,26,27,28)(H2,36,37,38)/t17-,19-,20-,21+,24-/m1/s1. The molecule has 0 saturated carbocycles. The van der Waals surface area contributed by atoms with Crippen LogP contribution in [-0.4, -0.2) is 104 Å². The maximum absolute atomic E-state index is 12.6. The van der Waals surface area contributed by atoms with Crippen LogP contribution in [-0.2, 0) is 50.7 Å². The van der Waals surface area contributed by atoms with Gasteiger partial charge in [-0.15, -0.1) is 0 Å². The monoisotopic (exact) mass is 775 g/mol. The molecule has 1 aliphatic rings. The number of aliphatic hydroxyl groups is 2. The topological polar surface area (TPSA) is 340 Å². The van der Waals surface area contributed by atoms with Crippen LogP contribution in [0.25, 0.3) is 11.2 Å². The first-order valence-corrected chi connectivity index (χ1v) is 19.4. The Morgan fingerprint density at radius 2 is 1.62 bits per heavy atom. The van der Waals surface area contributed by atoms with E-state index in [1.165, 1.54) is 20.8 Å². The molecule has 0 bridgehead atoms. The van der Waals surface area contributed by atoms with Crippen LogP contribution in [0.3, 0.4) is 0 Å². The second-order valence-electron chi connectivity index (χ2n) is 12.1. The number of nitrogens with zero attached hydrogens (tertiary/aromatic N) is 4. The number of phosphoric ester groups is 3. The highest BCUT2D eigenvalue weighted by Gasteiger charge is 2.50. The molecule has 3 heterocycles. The lowest BCUT2D eigenvalue weighted by atomic mass is 9.84. The Bertz CT molecular complexity index is 1680. The lowest BCUT2D eigenvalue weighted by molar-refractivity contribution is -0.134. The highest BCUT2D eigenvalue weighted by Crippen LogP contribution is 2.61. The number of aliphatic hydroxyl groups excluding tert-OH is 2. The molecule has 8 N–H and O–H groups in total. The number of imidazole rings is 1. The van der Waals surface area contributed by atoms with E-state index in [0.29, 0.717) is 6.42 Å². The molecule has 3 rings (SSSR count). The Labute approximate surface area is 284 Å². The zero-order valence-electron chi connectivity index (χ0n) is 27.1. The number of Topliss-reactive ketones (excluding diaryl/α,β-unsaturated/α-hetero) is 3. The number of anilines is 1. The summed E-state index contributed by atoms with van der Waals surface area (Å²) in [6.45, 7) is 2.05. The molecule has 1 saturated heterocycles. The van der Waals surface area contributed by atoms with Crippen LogP contribution < -0.4 is 5.73 Å². The summed E-state index contributed by atoms with van der Waals surface area (Å²) >= 11 is 0. The number of ether oxygens (including phenoxy) is 1. The Morgan fingerprint density at radius 1 is 1.00 bits per heavy atom. The van der Waals surface area contributed by atoms with Gasteiger partial charge in [0.1, 0.15) is 47.8 Å². The fourth-order valence-corrected chi connectivity index (χ4v) is 7.62. The third kappa shape index (κ3) is 12.1. The van der Waals surface area contributed by atoms with E-state index >= 15 is 0 Å². The van der Waals surface area contributed by atoms with Crippen LogP contribution in [0.15, 0.2) is 12.7 Å². The maximum atomic E-state index is 12.6. The van der Waals surface area contributed by atoms with Gasteiger partial charge in [-0.3, -0.25) is 27.7 Å². The molecule has 2 unspecified atom stereocenters. The molecule has 0 spiro atoms. The third-order valence-electron chi connectivity index (χ3n) is 7.35. The van der Waals surface area contributed by atoms with Crippen LogP contribution in [0.5, 0.6) is 0 Å². The summed E-state index contributed by atoms with van der Waals surface area (Å²) in [5.74, 6) is -0.944. The number of carbonyl (C=O) groups is 3. The second-order valence-corrected chi connectivity index (χ2v) is 16.3.